The Bertz CT molecular complexity index is 827. The first-order valence-corrected chi connectivity index (χ1v) is 13.8. The van der Waals surface area contributed by atoms with Crippen LogP contribution in [-0.2, 0) is 19.0 Å². The minimum Gasteiger partial charge on any atom is -0.463 e. The Morgan fingerprint density at radius 1 is 1.06 bits per heavy atom. The lowest BCUT2D eigenvalue weighted by molar-refractivity contribution is -0.272. The first-order valence-electron chi connectivity index (χ1n) is 13.8. The predicted molar refractivity (Wildman–Crippen MR) is 127 cm³/mol. The Morgan fingerprint density at radius 2 is 1.88 bits per heavy atom. The Hall–Kier alpha value is -0.870. The molecule has 2 heterocycles. The molecule has 6 aliphatic rings. The molecular weight excluding hydrogens is 412 g/mol. The molecule has 0 bridgehead atoms. The minimum absolute atomic E-state index is 0.119. The summed E-state index contributed by atoms with van der Waals surface area (Å²) in [6.45, 7) is 12.2. The summed E-state index contributed by atoms with van der Waals surface area (Å²) in [7, 11) is 0. The third-order valence-electron chi connectivity index (χ3n) is 11.7. The van der Waals surface area contributed by atoms with Gasteiger partial charge in [-0.2, -0.15) is 0 Å². The van der Waals surface area contributed by atoms with Crippen molar-refractivity contribution in [3.8, 4) is 0 Å². The third kappa shape index (κ3) is 3.18. The second-order valence-electron chi connectivity index (χ2n) is 13.3. The van der Waals surface area contributed by atoms with E-state index in [9.17, 15) is 4.79 Å². The third-order valence-corrected chi connectivity index (χ3v) is 11.7. The summed E-state index contributed by atoms with van der Waals surface area (Å²) >= 11 is 0. The monoisotopic (exact) mass is 456 g/mol. The number of hydrogen-bond acceptors (Lipinski definition) is 4. The molecule has 0 radical (unpaired) electrons. The van der Waals surface area contributed by atoms with Gasteiger partial charge < -0.3 is 14.2 Å². The molecule has 4 aliphatic carbocycles. The van der Waals surface area contributed by atoms with Crippen LogP contribution in [0.25, 0.3) is 0 Å². The van der Waals surface area contributed by atoms with Gasteiger partial charge in [0.05, 0.1) is 12.7 Å². The maximum Gasteiger partial charge on any atom is 0.302 e. The highest BCUT2D eigenvalue weighted by molar-refractivity contribution is 5.66. The molecule has 2 aliphatic heterocycles. The van der Waals surface area contributed by atoms with Crippen molar-refractivity contribution in [3.63, 3.8) is 0 Å². The van der Waals surface area contributed by atoms with Crippen molar-refractivity contribution >= 4 is 5.97 Å². The number of fused-ring (bicyclic) bond motifs is 7. The molecule has 2 saturated heterocycles. The van der Waals surface area contributed by atoms with Gasteiger partial charge in [-0.1, -0.05) is 39.8 Å². The highest BCUT2D eigenvalue weighted by Gasteiger charge is 2.68. The van der Waals surface area contributed by atoms with Crippen LogP contribution >= 0.6 is 0 Å². The number of esters is 1. The minimum atomic E-state index is -0.334. The zero-order valence-corrected chi connectivity index (χ0v) is 21.3. The van der Waals surface area contributed by atoms with Crippen LogP contribution in [-0.4, -0.2) is 30.6 Å². The van der Waals surface area contributed by atoms with Crippen molar-refractivity contribution in [2.75, 3.05) is 6.61 Å². The van der Waals surface area contributed by atoms with Crippen molar-refractivity contribution in [2.24, 2.45) is 52.3 Å². The Morgan fingerprint density at radius 3 is 2.61 bits per heavy atom. The standard InChI is InChI=1S/C29H44O4/c1-17-8-13-29(31-16-17)18(2)26-25(33-29)15-24-22-7-6-20-14-21(32-19(3)30)9-11-27(20,4)23(22)10-12-28(24,26)5/h10,12,17-18,20-26H,6-9,11,13-16H2,1-5H3/t17-,18-,20-,21-,22+,23-,24-,25-,26-,27-,28-,29+/m0/s1. The van der Waals surface area contributed by atoms with Crippen LogP contribution in [0.1, 0.15) is 86.0 Å². The van der Waals surface area contributed by atoms with Crippen molar-refractivity contribution in [1.29, 1.82) is 0 Å². The molecule has 4 heteroatoms. The maximum atomic E-state index is 11.5. The molecule has 0 unspecified atom stereocenters. The quantitative estimate of drug-likeness (QED) is 0.351. The first-order chi connectivity index (χ1) is 15.7. The Labute approximate surface area is 200 Å². The molecule has 184 valence electrons. The van der Waals surface area contributed by atoms with Crippen LogP contribution in [0, 0.1) is 52.3 Å². The fourth-order valence-corrected chi connectivity index (χ4v) is 9.92. The van der Waals surface area contributed by atoms with Crippen LogP contribution in [0.3, 0.4) is 0 Å². The summed E-state index contributed by atoms with van der Waals surface area (Å²) in [6, 6.07) is 0. The molecular formula is C29H44O4. The van der Waals surface area contributed by atoms with E-state index >= 15 is 0 Å². The van der Waals surface area contributed by atoms with E-state index in [-0.39, 0.29) is 23.3 Å². The van der Waals surface area contributed by atoms with Crippen LogP contribution in [0.15, 0.2) is 12.2 Å². The second kappa shape index (κ2) is 7.56. The number of carbonyl (C=O) groups excluding carboxylic acids is 1. The molecule has 0 aromatic carbocycles. The van der Waals surface area contributed by atoms with Gasteiger partial charge in [0.25, 0.3) is 0 Å². The number of hydrogen-bond donors (Lipinski definition) is 0. The second-order valence-corrected chi connectivity index (χ2v) is 13.3. The lowest BCUT2D eigenvalue weighted by Gasteiger charge is -2.59. The van der Waals surface area contributed by atoms with Gasteiger partial charge in [0, 0.05) is 25.2 Å². The molecule has 0 aromatic heterocycles. The smallest absolute Gasteiger partial charge is 0.302 e. The van der Waals surface area contributed by atoms with E-state index in [0.29, 0.717) is 47.0 Å². The van der Waals surface area contributed by atoms with Crippen molar-refractivity contribution < 1.29 is 19.0 Å². The predicted octanol–water partition coefficient (Wildman–Crippen LogP) is 6.14. The lowest BCUT2D eigenvalue weighted by atomic mass is 9.46. The van der Waals surface area contributed by atoms with Crippen molar-refractivity contribution in [1.82, 2.24) is 0 Å². The van der Waals surface area contributed by atoms with Gasteiger partial charge in [-0.05, 0) is 85.4 Å². The summed E-state index contributed by atoms with van der Waals surface area (Å²) in [5.74, 6) is 4.02. The van der Waals surface area contributed by atoms with E-state index in [1.165, 1.54) is 32.1 Å². The zero-order valence-electron chi connectivity index (χ0n) is 21.3. The maximum absolute atomic E-state index is 11.5. The lowest BCUT2D eigenvalue weighted by Crippen LogP contribution is -2.53. The fourth-order valence-electron chi connectivity index (χ4n) is 9.92. The summed E-state index contributed by atoms with van der Waals surface area (Å²) in [4.78, 5) is 11.5. The van der Waals surface area contributed by atoms with Gasteiger partial charge >= 0.3 is 5.97 Å². The molecule has 1 spiro atoms. The molecule has 5 fully saturated rings. The van der Waals surface area contributed by atoms with Gasteiger partial charge in [0.15, 0.2) is 5.79 Å². The zero-order chi connectivity index (χ0) is 23.2. The van der Waals surface area contributed by atoms with Gasteiger partial charge in [-0.25, -0.2) is 0 Å². The highest BCUT2D eigenvalue weighted by atomic mass is 16.7. The Balaban J connectivity index is 1.25. The summed E-state index contributed by atoms with van der Waals surface area (Å²) in [5.41, 5.74) is 0.560. The largest absolute Gasteiger partial charge is 0.463 e. The Kier molecular flexibility index (Phi) is 5.18. The van der Waals surface area contributed by atoms with E-state index in [4.69, 9.17) is 14.2 Å². The van der Waals surface area contributed by atoms with Crippen LogP contribution in [0.4, 0.5) is 0 Å². The summed E-state index contributed by atoms with van der Waals surface area (Å²) in [5, 5.41) is 0. The van der Waals surface area contributed by atoms with Crippen LogP contribution in [0.2, 0.25) is 0 Å². The number of ether oxygens (including phenoxy) is 3. The van der Waals surface area contributed by atoms with E-state index < -0.39 is 0 Å². The molecule has 0 amide bonds. The van der Waals surface area contributed by atoms with E-state index in [1.807, 2.05) is 0 Å². The van der Waals surface area contributed by atoms with Gasteiger partial charge in [0.1, 0.15) is 6.10 Å². The first kappa shape index (κ1) is 22.6. The molecule has 0 aromatic rings. The van der Waals surface area contributed by atoms with Crippen LogP contribution < -0.4 is 0 Å². The number of allylic oxidation sites excluding steroid dienone is 2. The van der Waals surface area contributed by atoms with Crippen LogP contribution in [0.5, 0.6) is 0 Å². The fraction of sp³-hybridized carbons (Fsp3) is 0.897. The van der Waals surface area contributed by atoms with Crippen molar-refractivity contribution in [2.45, 2.75) is 104 Å². The highest BCUT2D eigenvalue weighted by Crippen LogP contribution is 2.69. The molecule has 4 nitrogen and oxygen atoms in total. The average Bonchev–Trinajstić information content (AvgIpc) is 3.21. The SMILES string of the molecule is CC(=O)O[C@H]1CC[C@@]2(C)[C@@H](CC[C@H]3[C@@H]4C[C@@H]5O[C@]6(CC[C@H](C)CO6)[C@@H](C)[C@@H]5[C@@]4(C)C=C[C@@H]32)C1. The van der Waals surface area contributed by atoms with E-state index in [1.54, 1.807) is 6.92 Å². The van der Waals surface area contributed by atoms with Gasteiger partial charge in [0.2, 0.25) is 0 Å². The van der Waals surface area contributed by atoms with Crippen molar-refractivity contribution in [3.05, 3.63) is 12.2 Å². The number of carbonyl (C=O) groups is 1. The van der Waals surface area contributed by atoms with Gasteiger partial charge in [-0.3, -0.25) is 4.79 Å². The van der Waals surface area contributed by atoms with E-state index in [2.05, 4.69) is 39.8 Å². The van der Waals surface area contributed by atoms with Gasteiger partial charge in [-0.15, -0.1) is 0 Å². The van der Waals surface area contributed by atoms with E-state index in [0.717, 1.165) is 31.8 Å². The summed E-state index contributed by atoms with van der Waals surface area (Å²) in [6.07, 6.45) is 15.1. The molecule has 33 heavy (non-hydrogen) atoms. The average molecular weight is 457 g/mol. The molecule has 0 N–H and O–H groups in total. The molecule has 3 saturated carbocycles. The normalized spacial score (nSPS) is 57.2. The molecule has 12 atom stereocenters. The number of rotatable bonds is 1. The molecule has 6 rings (SSSR count). The summed E-state index contributed by atoms with van der Waals surface area (Å²) < 4.78 is 19.0. The topological polar surface area (TPSA) is 44.8 Å².